The van der Waals surface area contributed by atoms with Gasteiger partial charge in [-0.15, -0.1) is 0 Å². The third-order valence-electron chi connectivity index (χ3n) is 7.25. The summed E-state index contributed by atoms with van der Waals surface area (Å²) in [5.74, 6) is -3.08. The van der Waals surface area contributed by atoms with Gasteiger partial charge in [0.25, 0.3) is 0 Å². The van der Waals surface area contributed by atoms with Gasteiger partial charge in [0.1, 0.15) is 12.0 Å². The molecule has 158 valence electrons. The highest BCUT2D eigenvalue weighted by Crippen LogP contribution is 2.63. The van der Waals surface area contributed by atoms with E-state index < -0.39 is 34.3 Å². The van der Waals surface area contributed by atoms with E-state index >= 15 is 0 Å². The van der Waals surface area contributed by atoms with Crippen LogP contribution in [-0.4, -0.2) is 23.3 Å². The van der Waals surface area contributed by atoms with Crippen molar-refractivity contribution < 1.29 is 24.8 Å². The summed E-state index contributed by atoms with van der Waals surface area (Å²) in [5.41, 5.74) is 1.84. The molecule has 7 rings (SSSR count). The van der Waals surface area contributed by atoms with E-state index in [9.17, 15) is 24.8 Å². The standard InChI is InChI=1S/C25H18N2O5/c28-13-25-16-9-3-1-7-14(16)20(15-8-2-4-10-17(15)25)21-22(25)24(30)26(23(21)29)18-11-5-6-12-19(18)27(31)32/h1-13,20-22,27,31H/t20?,21-,22+,25?/m1/s1. The molecule has 0 spiro atoms. The molecule has 1 unspecified atom stereocenters. The molecule has 0 radical (unpaired) electrons. The number of nitrogens with zero attached hydrogens (tertiary/aromatic N) is 1. The van der Waals surface area contributed by atoms with Crippen LogP contribution in [0.5, 0.6) is 0 Å². The van der Waals surface area contributed by atoms with Gasteiger partial charge in [-0.1, -0.05) is 60.7 Å². The van der Waals surface area contributed by atoms with E-state index in [0.29, 0.717) is 0 Å². The Labute approximate surface area is 183 Å². The topological polar surface area (TPSA) is 102 Å². The zero-order chi connectivity index (χ0) is 22.2. The number of hydrogen-bond donors (Lipinski definition) is 2. The number of rotatable bonds is 3. The maximum Gasteiger partial charge on any atom is 0.239 e. The molecule has 2 N–H and O–H groups in total. The fraction of sp³-hybridized carbons (Fsp3) is 0.160. The minimum Gasteiger partial charge on any atom is -0.595 e. The van der Waals surface area contributed by atoms with E-state index in [-0.39, 0.29) is 17.3 Å². The Kier molecular flexibility index (Phi) is 3.83. The summed E-state index contributed by atoms with van der Waals surface area (Å²) < 4.78 is 0. The molecule has 1 saturated heterocycles. The molecule has 4 aliphatic rings. The van der Waals surface area contributed by atoms with Gasteiger partial charge in [0.2, 0.25) is 11.8 Å². The summed E-state index contributed by atoms with van der Waals surface area (Å²) in [6, 6.07) is 20.9. The number of imide groups is 1. The van der Waals surface area contributed by atoms with Crippen LogP contribution in [0.2, 0.25) is 0 Å². The third-order valence-corrected chi connectivity index (χ3v) is 7.25. The minimum atomic E-state index is -1.30. The maximum atomic E-state index is 13.9. The lowest BCUT2D eigenvalue weighted by Gasteiger charge is -2.51. The number of nitrogens with one attached hydrogen (secondary N) is 1. The SMILES string of the molecule is O=CC12c3ccccc3C(c3ccccc31)[C@H]1C(=O)N(c3ccccc3[NH+]([O-])O)C(=O)[C@H]12. The summed E-state index contributed by atoms with van der Waals surface area (Å²) >= 11 is 0. The summed E-state index contributed by atoms with van der Waals surface area (Å²) in [6.07, 6.45) is 0.801. The second-order valence-electron chi connectivity index (χ2n) is 8.48. The number of carbonyl (C=O) groups excluding carboxylic acids is 3. The number of amides is 2. The molecule has 3 atom stereocenters. The van der Waals surface area contributed by atoms with E-state index in [1.807, 2.05) is 48.5 Å². The first-order valence-electron chi connectivity index (χ1n) is 10.4. The van der Waals surface area contributed by atoms with Crippen LogP contribution in [-0.2, 0) is 19.8 Å². The van der Waals surface area contributed by atoms with Gasteiger partial charge in [-0.05, 0) is 28.3 Å². The van der Waals surface area contributed by atoms with E-state index in [2.05, 4.69) is 0 Å². The van der Waals surface area contributed by atoms with Crippen molar-refractivity contribution in [3.8, 4) is 0 Å². The quantitative estimate of drug-likeness (QED) is 0.378. The summed E-state index contributed by atoms with van der Waals surface area (Å²) in [7, 11) is 0. The van der Waals surface area contributed by atoms with E-state index in [0.717, 1.165) is 33.4 Å². The molecule has 0 aromatic heterocycles. The van der Waals surface area contributed by atoms with Crippen molar-refractivity contribution in [2.24, 2.45) is 11.8 Å². The maximum absolute atomic E-state index is 13.9. The van der Waals surface area contributed by atoms with Crippen LogP contribution in [0, 0.1) is 17.0 Å². The number of para-hydroxylation sites is 2. The molecule has 32 heavy (non-hydrogen) atoms. The van der Waals surface area contributed by atoms with Gasteiger partial charge in [0.15, 0.2) is 5.69 Å². The van der Waals surface area contributed by atoms with Crippen LogP contribution < -0.4 is 10.1 Å². The van der Waals surface area contributed by atoms with Crippen molar-refractivity contribution in [2.45, 2.75) is 11.3 Å². The fourth-order valence-corrected chi connectivity index (χ4v) is 6.12. The van der Waals surface area contributed by atoms with Gasteiger partial charge in [-0.2, -0.15) is 5.23 Å². The first-order chi connectivity index (χ1) is 15.5. The minimum absolute atomic E-state index is 0.0398. The van der Waals surface area contributed by atoms with Crippen molar-refractivity contribution in [3.05, 3.63) is 100 Å². The van der Waals surface area contributed by atoms with Crippen LogP contribution in [0.4, 0.5) is 11.4 Å². The third kappa shape index (κ3) is 2.07. The molecular formula is C25H18N2O5. The molecule has 1 aliphatic heterocycles. The number of hydrogen-bond acceptors (Lipinski definition) is 5. The van der Waals surface area contributed by atoms with E-state index in [4.69, 9.17) is 0 Å². The second kappa shape index (κ2) is 6.43. The van der Waals surface area contributed by atoms with Crippen molar-refractivity contribution in [1.82, 2.24) is 0 Å². The van der Waals surface area contributed by atoms with Crippen LogP contribution in [0.15, 0.2) is 72.8 Å². The molecule has 7 nitrogen and oxygen atoms in total. The highest BCUT2D eigenvalue weighted by Gasteiger charge is 2.68. The Morgan fingerprint density at radius 3 is 2.03 bits per heavy atom. The average molecular weight is 426 g/mol. The van der Waals surface area contributed by atoms with Gasteiger partial charge in [0.05, 0.1) is 17.3 Å². The first kappa shape index (κ1) is 19.1. The van der Waals surface area contributed by atoms with Crippen molar-refractivity contribution in [3.63, 3.8) is 0 Å². The molecule has 1 fully saturated rings. The predicted molar refractivity (Wildman–Crippen MR) is 113 cm³/mol. The number of aldehydes is 1. The zero-order valence-electron chi connectivity index (χ0n) is 16.8. The van der Waals surface area contributed by atoms with E-state index in [1.54, 1.807) is 12.1 Å². The van der Waals surface area contributed by atoms with Crippen LogP contribution in [0.1, 0.15) is 28.2 Å². The molecule has 3 aromatic rings. The van der Waals surface area contributed by atoms with Crippen LogP contribution in [0.25, 0.3) is 0 Å². The normalized spacial score (nSPS) is 28.2. The Hall–Kier alpha value is -3.65. The Bertz CT molecular complexity index is 1270. The fourth-order valence-electron chi connectivity index (χ4n) is 6.12. The van der Waals surface area contributed by atoms with Gasteiger partial charge < -0.3 is 10.0 Å². The molecule has 2 amide bonds. The largest absolute Gasteiger partial charge is 0.595 e. The van der Waals surface area contributed by atoms with Crippen LogP contribution >= 0.6 is 0 Å². The second-order valence-corrected chi connectivity index (χ2v) is 8.48. The lowest BCUT2D eigenvalue weighted by molar-refractivity contribution is -0.990. The summed E-state index contributed by atoms with van der Waals surface area (Å²) in [6.45, 7) is 0. The van der Waals surface area contributed by atoms with Gasteiger partial charge in [-0.25, -0.2) is 10.1 Å². The summed E-state index contributed by atoms with van der Waals surface area (Å²) in [4.78, 5) is 41.5. The lowest BCUT2D eigenvalue weighted by atomic mass is 9.48. The Morgan fingerprint density at radius 2 is 1.44 bits per heavy atom. The molecule has 0 saturated carbocycles. The van der Waals surface area contributed by atoms with Gasteiger partial charge in [-0.3, -0.25) is 9.59 Å². The smallest absolute Gasteiger partial charge is 0.239 e. The molecule has 2 bridgehead atoms. The highest BCUT2D eigenvalue weighted by molar-refractivity contribution is 6.25. The van der Waals surface area contributed by atoms with Gasteiger partial charge >= 0.3 is 0 Å². The number of benzene rings is 3. The highest BCUT2D eigenvalue weighted by atomic mass is 16.8. The zero-order valence-corrected chi connectivity index (χ0v) is 16.8. The number of quaternary nitrogens is 1. The van der Waals surface area contributed by atoms with Crippen molar-refractivity contribution >= 4 is 29.5 Å². The molecule has 3 aliphatic carbocycles. The predicted octanol–water partition coefficient (Wildman–Crippen LogP) is 1.84. The van der Waals surface area contributed by atoms with E-state index in [1.165, 1.54) is 12.1 Å². The number of anilines is 1. The molecule has 1 heterocycles. The Balaban J connectivity index is 1.64. The molecule has 7 heteroatoms. The van der Waals surface area contributed by atoms with Gasteiger partial charge in [0, 0.05) is 12.0 Å². The first-order valence-corrected chi connectivity index (χ1v) is 10.4. The number of carbonyl (C=O) groups is 3. The van der Waals surface area contributed by atoms with Crippen LogP contribution in [0.3, 0.4) is 0 Å². The molecule has 3 aromatic carbocycles. The Morgan fingerprint density at radius 1 is 0.875 bits per heavy atom. The average Bonchev–Trinajstić information content (AvgIpc) is 3.09. The summed E-state index contributed by atoms with van der Waals surface area (Å²) in [5, 5.41) is 20.2. The lowest BCUT2D eigenvalue weighted by Crippen LogP contribution is -2.99. The molecular weight excluding hydrogens is 408 g/mol. The van der Waals surface area contributed by atoms with Crippen molar-refractivity contribution in [1.29, 1.82) is 0 Å². The monoisotopic (exact) mass is 426 g/mol. The van der Waals surface area contributed by atoms with Crippen molar-refractivity contribution in [2.75, 3.05) is 4.90 Å².